The summed E-state index contributed by atoms with van der Waals surface area (Å²) in [5, 5.41) is 0. The number of nitrogens with two attached hydrogens (primary N) is 1. The summed E-state index contributed by atoms with van der Waals surface area (Å²) in [6.07, 6.45) is 9.73. The summed E-state index contributed by atoms with van der Waals surface area (Å²) in [6.45, 7) is 8.25. The lowest BCUT2D eigenvalue weighted by atomic mass is 10.0. The van der Waals surface area contributed by atoms with Gasteiger partial charge in [0.1, 0.15) is 0 Å². The summed E-state index contributed by atoms with van der Waals surface area (Å²) in [7, 11) is 0. The number of likely N-dealkylation sites (tertiary alicyclic amines) is 1. The van der Waals surface area contributed by atoms with Crippen LogP contribution in [0.15, 0.2) is 0 Å². The fourth-order valence-electron chi connectivity index (χ4n) is 2.61. The molecule has 0 aromatic rings. The average Bonchev–Trinajstić information content (AvgIpc) is 2.72. The first kappa shape index (κ1) is 14.0. The Hall–Kier alpha value is -0.0800. The van der Waals surface area contributed by atoms with E-state index in [1.54, 1.807) is 0 Å². The molecule has 2 nitrogen and oxygen atoms in total. The van der Waals surface area contributed by atoms with Crippen LogP contribution in [0.2, 0.25) is 0 Å². The molecule has 2 N–H and O–H groups in total. The highest BCUT2D eigenvalue weighted by molar-refractivity contribution is 4.80. The highest BCUT2D eigenvalue weighted by Gasteiger charge is 2.24. The molecule has 0 aromatic heterocycles. The van der Waals surface area contributed by atoms with Gasteiger partial charge in [0.15, 0.2) is 0 Å². The minimum Gasteiger partial charge on any atom is -0.328 e. The van der Waals surface area contributed by atoms with Gasteiger partial charge in [0, 0.05) is 12.6 Å². The molecule has 0 bridgehead atoms. The molecule has 1 heterocycles. The van der Waals surface area contributed by atoms with E-state index in [1.165, 1.54) is 64.6 Å². The Balaban J connectivity index is 1.94. The minimum atomic E-state index is 0.384. The van der Waals surface area contributed by atoms with Gasteiger partial charge in [0.05, 0.1) is 0 Å². The molecule has 0 amide bonds. The van der Waals surface area contributed by atoms with Gasteiger partial charge in [-0.15, -0.1) is 0 Å². The van der Waals surface area contributed by atoms with Crippen molar-refractivity contribution in [3.05, 3.63) is 0 Å². The monoisotopic (exact) mass is 226 g/mol. The Bertz CT molecular complexity index is 168. The largest absolute Gasteiger partial charge is 0.328 e. The zero-order valence-electron chi connectivity index (χ0n) is 11.3. The molecule has 2 atom stereocenters. The predicted molar refractivity (Wildman–Crippen MR) is 71.6 cm³/mol. The topological polar surface area (TPSA) is 29.3 Å². The van der Waals surface area contributed by atoms with E-state index in [-0.39, 0.29) is 0 Å². The molecular formula is C14H30N2. The molecule has 1 fully saturated rings. The quantitative estimate of drug-likeness (QED) is 0.645. The van der Waals surface area contributed by atoms with Crippen molar-refractivity contribution in [3.63, 3.8) is 0 Å². The first-order chi connectivity index (χ1) is 7.74. The van der Waals surface area contributed by atoms with Gasteiger partial charge in [-0.25, -0.2) is 0 Å². The van der Waals surface area contributed by atoms with Crippen molar-refractivity contribution >= 4 is 0 Å². The summed E-state index contributed by atoms with van der Waals surface area (Å²) in [5.74, 6) is 0.750. The van der Waals surface area contributed by atoms with Crippen molar-refractivity contribution in [2.45, 2.75) is 64.8 Å². The van der Waals surface area contributed by atoms with Crippen LogP contribution in [0.3, 0.4) is 0 Å². The van der Waals surface area contributed by atoms with Crippen molar-refractivity contribution in [2.24, 2.45) is 11.7 Å². The summed E-state index contributed by atoms with van der Waals surface area (Å²) in [6, 6.07) is 0.384. The maximum absolute atomic E-state index is 5.94. The maximum atomic E-state index is 5.94. The fraction of sp³-hybridized carbons (Fsp3) is 1.00. The molecule has 1 aliphatic rings. The molecular weight excluding hydrogens is 196 g/mol. The minimum absolute atomic E-state index is 0.384. The second-order valence-electron chi connectivity index (χ2n) is 5.48. The van der Waals surface area contributed by atoms with Gasteiger partial charge >= 0.3 is 0 Å². The van der Waals surface area contributed by atoms with Gasteiger partial charge in [-0.3, -0.25) is 0 Å². The van der Waals surface area contributed by atoms with Crippen molar-refractivity contribution in [1.82, 2.24) is 4.90 Å². The van der Waals surface area contributed by atoms with Gasteiger partial charge in [-0.1, -0.05) is 39.0 Å². The molecule has 2 unspecified atom stereocenters. The zero-order valence-corrected chi connectivity index (χ0v) is 11.3. The Kier molecular flexibility index (Phi) is 7.06. The van der Waals surface area contributed by atoms with E-state index in [4.69, 9.17) is 5.73 Å². The van der Waals surface area contributed by atoms with Crippen LogP contribution in [0.4, 0.5) is 0 Å². The zero-order chi connectivity index (χ0) is 11.8. The number of rotatable bonds is 8. The van der Waals surface area contributed by atoms with Crippen molar-refractivity contribution in [1.29, 1.82) is 0 Å². The van der Waals surface area contributed by atoms with Gasteiger partial charge in [-0.2, -0.15) is 0 Å². The first-order valence-corrected chi connectivity index (χ1v) is 7.22. The van der Waals surface area contributed by atoms with Crippen molar-refractivity contribution < 1.29 is 0 Å². The van der Waals surface area contributed by atoms with Crippen molar-refractivity contribution in [2.75, 3.05) is 19.6 Å². The molecule has 0 spiro atoms. The molecule has 1 saturated heterocycles. The highest BCUT2D eigenvalue weighted by atomic mass is 15.1. The van der Waals surface area contributed by atoms with E-state index < -0.39 is 0 Å². The number of hydrogen-bond donors (Lipinski definition) is 1. The van der Waals surface area contributed by atoms with E-state index in [2.05, 4.69) is 18.7 Å². The number of nitrogens with zero attached hydrogens (tertiary/aromatic N) is 1. The average molecular weight is 226 g/mol. The lowest BCUT2D eigenvalue weighted by molar-refractivity contribution is 0.307. The van der Waals surface area contributed by atoms with E-state index in [9.17, 15) is 0 Å². The molecule has 0 radical (unpaired) electrons. The van der Waals surface area contributed by atoms with Gasteiger partial charge < -0.3 is 10.6 Å². The van der Waals surface area contributed by atoms with Crippen LogP contribution in [0.25, 0.3) is 0 Å². The van der Waals surface area contributed by atoms with Gasteiger partial charge in [-0.05, 0) is 38.8 Å². The summed E-state index contributed by atoms with van der Waals surface area (Å²) >= 11 is 0. The summed E-state index contributed by atoms with van der Waals surface area (Å²) in [4.78, 5) is 2.61. The lowest BCUT2D eigenvalue weighted by Crippen LogP contribution is -2.30. The van der Waals surface area contributed by atoms with Crippen LogP contribution in [-0.2, 0) is 0 Å². The van der Waals surface area contributed by atoms with Crippen molar-refractivity contribution in [3.8, 4) is 0 Å². The van der Waals surface area contributed by atoms with Gasteiger partial charge in [0.2, 0.25) is 0 Å². The molecule has 0 aromatic carbocycles. The number of hydrogen-bond acceptors (Lipinski definition) is 2. The predicted octanol–water partition coefficient (Wildman–Crippen LogP) is 3.02. The van der Waals surface area contributed by atoms with E-state index in [0.717, 1.165) is 5.92 Å². The molecule has 1 rings (SSSR count). The third-order valence-electron chi connectivity index (χ3n) is 3.88. The van der Waals surface area contributed by atoms with Gasteiger partial charge in [0.25, 0.3) is 0 Å². The summed E-state index contributed by atoms with van der Waals surface area (Å²) in [5.41, 5.74) is 5.94. The molecule has 1 aliphatic heterocycles. The van der Waals surface area contributed by atoms with Crippen LogP contribution in [0.1, 0.15) is 58.8 Å². The Labute approximate surface area is 102 Å². The smallest absolute Gasteiger partial charge is 0.00514 e. The Morgan fingerprint density at radius 1 is 1.19 bits per heavy atom. The second kappa shape index (κ2) is 8.08. The third-order valence-corrected chi connectivity index (χ3v) is 3.88. The second-order valence-corrected chi connectivity index (χ2v) is 5.48. The molecule has 0 aliphatic carbocycles. The highest BCUT2D eigenvalue weighted by Crippen LogP contribution is 2.19. The SMILES string of the molecule is CCCCCCCCN1CCC(C(C)N)C1. The fourth-order valence-corrected chi connectivity index (χ4v) is 2.61. The first-order valence-electron chi connectivity index (χ1n) is 7.22. The lowest BCUT2D eigenvalue weighted by Gasteiger charge is -2.17. The van der Waals surface area contributed by atoms with E-state index in [0.29, 0.717) is 6.04 Å². The molecule has 2 heteroatoms. The third kappa shape index (κ3) is 5.31. The summed E-state index contributed by atoms with van der Waals surface area (Å²) < 4.78 is 0. The number of unbranched alkanes of at least 4 members (excludes halogenated alkanes) is 5. The maximum Gasteiger partial charge on any atom is 0.00514 e. The Morgan fingerprint density at radius 2 is 1.88 bits per heavy atom. The molecule has 16 heavy (non-hydrogen) atoms. The van der Waals surface area contributed by atoms with Crippen LogP contribution >= 0.6 is 0 Å². The normalized spacial score (nSPS) is 23.8. The molecule has 96 valence electrons. The molecule has 0 saturated carbocycles. The van der Waals surface area contributed by atoms with E-state index >= 15 is 0 Å². The van der Waals surface area contributed by atoms with E-state index in [1.807, 2.05) is 0 Å². The van der Waals surface area contributed by atoms with Crippen LogP contribution in [0, 0.1) is 5.92 Å². The van der Waals surface area contributed by atoms with Crippen LogP contribution in [-0.4, -0.2) is 30.6 Å². The standard InChI is InChI=1S/C14H30N2/c1-3-4-5-6-7-8-10-16-11-9-14(12-16)13(2)15/h13-14H,3-12,15H2,1-2H3. The Morgan fingerprint density at radius 3 is 2.50 bits per heavy atom. The van der Waals surface area contributed by atoms with Crippen LogP contribution in [0.5, 0.6) is 0 Å². The van der Waals surface area contributed by atoms with Crippen LogP contribution < -0.4 is 5.73 Å².